The van der Waals surface area contributed by atoms with Gasteiger partial charge in [0, 0.05) is 6.54 Å². The molecule has 0 aliphatic rings. The number of hydrogen-bond donors (Lipinski definition) is 2. The molecule has 0 fully saturated rings. The van der Waals surface area contributed by atoms with E-state index < -0.39 is 22.5 Å². The molecule has 0 aliphatic carbocycles. The zero-order valence-electron chi connectivity index (χ0n) is 24.4. The molecule has 0 saturated heterocycles. The number of nitrogens with one attached hydrogen (secondary N) is 2. The molecule has 0 unspecified atom stereocenters. The van der Waals surface area contributed by atoms with E-state index in [-0.39, 0.29) is 30.0 Å². The van der Waals surface area contributed by atoms with Gasteiger partial charge in [-0.15, -0.1) is 0 Å². The number of methoxy groups -OCH3 is 1. The number of hydrazone groups is 1. The maximum atomic E-state index is 13.4. The van der Waals surface area contributed by atoms with E-state index >= 15 is 0 Å². The van der Waals surface area contributed by atoms with Crippen LogP contribution >= 0.6 is 0 Å². The smallest absolute Gasteiger partial charge is 0.258 e. The largest absolute Gasteiger partial charge is 0.497 e. The summed E-state index contributed by atoms with van der Waals surface area (Å²) < 4.78 is 38.7. The van der Waals surface area contributed by atoms with Crippen molar-refractivity contribution < 1.29 is 27.5 Å². The van der Waals surface area contributed by atoms with Gasteiger partial charge in [-0.2, -0.15) is 9.41 Å². The predicted molar refractivity (Wildman–Crippen MR) is 168 cm³/mol. The molecule has 2 amide bonds. The summed E-state index contributed by atoms with van der Waals surface area (Å²) in [5.74, 6) is 0.160. The molecule has 0 spiro atoms. The number of amides is 2. The number of ether oxygens (including phenoxy) is 2. The SMILES string of the molecule is COc1ccc(S(=O)(=O)N(CC(=O)N/N=C\c2ccc(OCC(=O)N[C@@H](C)c3ccccc3)cc2)Cc2ccccc2)cc1. The Morgan fingerprint density at radius 1 is 0.841 bits per heavy atom. The molecule has 0 aliphatic heterocycles. The van der Waals surface area contributed by atoms with Gasteiger partial charge in [0.25, 0.3) is 11.8 Å². The number of sulfonamides is 1. The summed E-state index contributed by atoms with van der Waals surface area (Å²) in [6, 6.07) is 31.3. The first-order chi connectivity index (χ1) is 21.2. The van der Waals surface area contributed by atoms with Gasteiger partial charge in [-0.3, -0.25) is 9.59 Å². The first kappa shape index (κ1) is 31.9. The van der Waals surface area contributed by atoms with Gasteiger partial charge in [0.05, 0.1) is 30.8 Å². The van der Waals surface area contributed by atoms with Crippen LogP contribution in [0.5, 0.6) is 11.5 Å². The van der Waals surface area contributed by atoms with Crippen LogP contribution in [0, 0.1) is 0 Å². The molecule has 0 radical (unpaired) electrons. The Kier molecular flexibility index (Phi) is 11.2. The Balaban J connectivity index is 1.31. The summed E-state index contributed by atoms with van der Waals surface area (Å²) >= 11 is 0. The lowest BCUT2D eigenvalue weighted by atomic mass is 10.1. The van der Waals surface area contributed by atoms with Crippen LogP contribution < -0.4 is 20.2 Å². The average Bonchev–Trinajstić information content (AvgIpc) is 3.05. The van der Waals surface area contributed by atoms with E-state index in [1.165, 1.54) is 25.5 Å². The quantitative estimate of drug-likeness (QED) is 0.161. The highest BCUT2D eigenvalue weighted by atomic mass is 32.2. The van der Waals surface area contributed by atoms with Gasteiger partial charge in [-0.05, 0) is 72.1 Å². The number of carbonyl (C=O) groups is 2. The van der Waals surface area contributed by atoms with E-state index in [1.54, 1.807) is 60.7 Å². The Bertz CT molecular complexity index is 1650. The summed E-state index contributed by atoms with van der Waals surface area (Å²) in [6.45, 7) is 1.32. The molecule has 1 atom stereocenters. The molecule has 0 bridgehead atoms. The maximum Gasteiger partial charge on any atom is 0.258 e. The van der Waals surface area contributed by atoms with Gasteiger partial charge in [0.1, 0.15) is 11.5 Å². The van der Waals surface area contributed by atoms with Gasteiger partial charge in [-0.25, -0.2) is 13.8 Å². The van der Waals surface area contributed by atoms with Crippen molar-refractivity contribution in [2.45, 2.75) is 24.4 Å². The third-order valence-electron chi connectivity index (χ3n) is 6.55. The zero-order valence-corrected chi connectivity index (χ0v) is 25.2. The minimum absolute atomic E-state index is 0.00299. The molecule has 2 N–H and O–H groups in total. The van der Waals surface area contributed by atoms with Gasteiger partial charge < -0.3 is 14.8 Å². The van der Waals surface area contributed by atoms with Gasteiger partial charge in [0.2, 0.25) is 10.0 Å². The fourth-order valence-electron chi connectivity index (χ4n) is 4.19. The van der Waals surface area contributed by atoms with E-state index in [9.17, 15) is 18.0 Å². The molecule has 4 aromatic rings. The summed E-state index contributed by atoms with van der Waals surface area (Å²) in [4.78, 5) is 25.1. The Morgan fingerprint density at radius 2 is 1.45 bits per heavy atom. The van der Waals surface area contributed by atoms with Crippen molar-refractivity contribution in [1.82, 2.24) is 15.0 Å². The number of benzene rings is 4. The third kappa shape index (κ3) is 9.25. The van der Waals surface area contributed by atoms with Crippen molar-refractivity contribution in [3.05, 3.63) is 126 Å². The average molecular weight is 615 g/mol. The lowest BCUT2D eigenvalue weighted by molar-refractivity contribution is -0.124. The molecule has 44 heavy (non-hydrogen) atoms. The van der Waals surface area contributed by atoms with E-state index in [4.69, 9.17) is 9.47 Å². The third-order valence-corrected chi connectivity index (χ3v) is 8.35. The minimum atomic E-state index is -4.01. The zero-order chi connectivity index (χ0) is 31.4. The molecule has 228 valence electrons. The fourth-order valence-corrected chi connectivity index (χ4v) is 5.58. The van der Waals surface area contributed by atoms with Crippen LogP contribution in [0.4, 0.5) is 0 Å². The second-order valence-electron chi connectivity index (χ2n) is 9.79. The highest BCUT2D eigenvalue weighted by Crippen LogP contribution is 2.21. The molecule has 4 rings (SSSR count). The van der Waals surface area contributed by atoms with Gasteiger partial charge >= 0.3 is 0 Å². The van der Waals surface area contributed by atoms with E-state index in [2.05, 4.69) is 15.8 Å². The molecule has 0 saturated carbocycles. The van der Waals surface area contributed by atoms with Crippen LogP contribution in [0.3, 0.4) is 0 Å². The van der Waals surface area contributed by atoms with E-state index in [0.29, 0.717) is 17.1 Å². The molecule has 0 aromatic heterocycles. The number of nitrogens with zero attached hydrogens (tertiary/aromatic N) is 2. The minimum Gasteiger partial charge on any atom is -0.497 e. The first-order valence-corrected chi connectivity index (χ1v) is 15.3. The van der Waals surface area contributed by atoms with Crippen molar-refractivity contribution in [3.8, 4) is 11.5 Å². The van der Waals surface area contributed by atoms with E-state index in [1.807, 2.05) is 43.3 Å². The Morgan fingerprint density at radius 3 is 2.09 bits per heavy atom. The van der Waals surface area contributed by atoms with Crippen LogP contribution in [0.2, 0.25) is 0 Å². The summed E-state index contributed by atoms with van der Waals surface area (Å²) in [5.41, 5.74) is 4.78. The van der Waals surface area contributed by atoms with Gasteiger partial charge in [-0.1, -0.05) is 60.7 Å². The van der Waals surface area contributed by atoms with Crippen molar-refractivity contribution in [1.29, 1.82) is 0 Å². The first-order valence-electron chi connectivity index (χ1n) is 13.8. The normalized spacial score (nSPS) is 12.1. The summed E-state index contributed by atoms with van der Waals surface area (Å²) in [5, 5.41) is 6.87. The monoisotopic (exact) mass is 614 g/mol. The molecule has 11 heteroatoms. The Hall–Kier alpha value is -5.00. The maximum absolute atomic E-state index is 13.4. The molecule has 4 aromatic carbocycles. The highest BCUT2D eigenvalue weighted by Gasteiger charge is 2.27. The fraction of sp³-hybridized carbons (Fsp3) is 0.182. The number of carbonyl (C=O) groups excluding carboxylic acids is 2. The second-order valence-corrected chi connectivity index (χ2v) is 11.7. The van der Waals surface area contributed by atoms with Crippen molar-refractivity contribution in [3.63, 3.8) is 0 Å². The van der Waals surface area contributed by atoms with Crippen LogP contribution in [-0.2, 0) is 26.2 Å². The van der Waals surface area contributed by atoms with E-state index in [0.717, 1.165) is 15.4 Å². The molecular weight excluding hydrogens is 580 g/mol. The summed E-state index contributed by atoms with van der Waals surface area (Å²) in [6.07, 6.45) is 1.43. The van der Waals surface area contributed by atoms with Crippen molar-refractivity contribution in [2.75, 3.05) is 20.3 Å². The summed E-state index contributed by atoms with van der Waals surface area (Å²) in [7, 11) is -2.52. The van der Waals surface area contributed by atoms with Crippen molar-refractivity contribution >= 4 is 28.1 Å². The molecule has 10 nitrogen and oxygen atoms in total. The second kappa shape index (κ2) is 15.5. The van der Waals surface area contributed by atoms with Gasteiger partial charge in [0.15, 0.2) is 6.61 Å². The number of rotatable bonds is 14. The van der Waals surface area contributed by atoms with Crippen LogP contribution in [-0.4, -0.2) is 51.0 Å². The lowest BCUT2D eigenvalue weighted by Gasteiger charge is -2.21. The van der Waals surface area contributed by atoms with Crippen molar-refractivity contribution in [2.24, 2.45) is 5.10 Å². The molecular formula is C33H34N4O6S. The predicted octanol–water partition coefficient (Wildman–Crippen LogP) is 4.29. The molecule has 0 heterocycles. The van der Waals surface area contributed by atoms with Crippen LogP contribution in [0.15, 0.2) is 119 Å². The number of hydrogen-bond acceptors (Lipinski definition) is 7. The standard InChI is InChI=1S/C33H34N4O6S/c1-25(28-11-7-4-8-12-28)35-33(39)24-43-30-15-13-26(14-16-30)21-34-36-32(38)23-37(22-27-9-5-3-6-10-27)44(40,41)31-19-17-29(42-2)18-20-31/h3-21,25H,22-24H2,1-2H3,(H,35,39)(H,36,38)/b34-21-/t25-/m0/s1. The topological polar surface area (TPSA) is 126 Å². The lowest BCUT2D eigenvalue weighted by Crippen LogP contribution is -2.39. The highest BCUT2D eigenvalue weighted by molar-refractivity contribution is 7.89. The van der Waals surface area contributed by atoms with Crippen LogP contribution in [0.1, 0.15) is 29.7 Å². The Labute approximate surface area is 257 Å². The van der Waals surface area contributed by atoms with Crippen LogP contribution in [0.25, 0.3) is 0 Å².